The molecule has 2 heterocycles. The molecule has 1 unspecified atom stereocenters. The molecule has 0 radical (unpaired) electrons. The monoisotopic (exact) mass is 392 g/mol. The lowest BCUT2D eigenvalue weighted by Gasteiger charge is -2.36. The van der Waals surface area contributed by atoms with Gasteiger partial charge in [0.2, 0.25) is 0 Å². The number of likely N-dealkylation sites (N-methyl/N-ethyl adjacent to an activating group) is 1. The summed E-state index contributed by atoms with van der Waals surface area (Å²) >= 11 is 0. The van der Waals surface area contributed by atoms with E-state index < -0.39 is 0 Å². The molecule has 5 nitrogen and oxygen atoms in total. The van der Waals surface area contributed by atoms with E-state index in [2.05, 4.69) is 52.6 Å². The third-order valence-corrected chi connectivity index (χ3v) is 5.93. The summed E-state index contributed by atoms with van der Waals surface area (Å²) in [6.07, 6.45) is 2.11. The second-order valence-electron chi connectivity index (χ2n) is 7.99. The lowest BCUT2D eigenvalue weighted by atomic mass is 10.2. The van der Waals surface area contributed by atoms with Gasteiger partial charge in [0.25, 0.3) is 0 Å². The number of nitrogens with zero attached hydrogens (tertiary/aromatic N) is 4. The van der Waals surface area contributed by atoms with Gasteiger partial charge in [-0.05, 0) is 51.1 Å². The molecule has 1 aliphatic heterocycles. The van der Waals surface area contributed by atoms with Gasteiger partial charge in [-0.1, -0.05) is 30.3 Å². The van der Waals surface area contributed by atoms with Crippen LogP contribution in [0.4, 0.5) is 0 Å². The number of piperazine rings is 1. The second kappa shape index (κ2) is 9.42. The molecule has 0 N–H and O–H groups in total. The zero-order valence-corrected chi connectivity index (χ0v) is 17.6. The molecule has 5 heteroatoms. The maximum atomic E-state index is 5.86. The van der Waals surface area contributed by atoms with Gasteiger partial charge in [0.15, 0.2) is 0 Å². The number of para-hydroxylation sites is 3. The van der Waals surface area contributed by atoms with E-state index in [-0.39, 0.29) is 0 Å². The number of aryl methyl sites for hydroxylation is 1. The molecular formula is C24H32N4O. The average Bonchev–Trinajstić information content (AvgIpc) is 3.13. The highest BCUT2D eigenvalue weighted by Crippen LogP contribution is 2.26. The number of hydrogen-bond acceptors (Lipinski definition) is 4. The van der Waals surface area contributed by atoms with Crippen LogP contribution in [0.3, 0.4) is 0 Å². The Morgan fingerprint density at radius 1 is 0.931 bits per heavy atom. The fourth-order valence-corrected chi connectivity index (χ4v) is 4.10. The van der Waals surface area contributed by atoms with E-state index in [4.69, 9.17) is 9.72 Å². The Morgan fingerprint density at radius 3 is 2.45 bits per heavy atom. The van der Waals surface area contributed by atoms with Gasteiger partial charge in [0, 0.05) is 32.7 Å². The summed E-state index contributed by atoms with van der Waals surface area (Å²) in [5.74, 6) is 2.14. The molecule has 0 aliphatic carbocycles. The van der Waals surface area contributed by atoms with E-state index in [1.807, 2.05) is 30.3 Å². The highest BCUT2D eigenvalue weighted by atomic mass is 16.5. The van der Waals surface area contributed by atoms with Crippen molar-refractivity contribution in [3.8, 4) is 5.75 Å². The van der Waals surface area contributed by atoms with Crippen LogP contribution in [0.1, 0.15) is 31.6 Å². The quantitative estimate of drug-likeness (QED) is 0.538. The first-order chi connectivity index (χ1) is 14.2. The van der Waals surface area contributed by atoms with Crippen molar-refractivity contribution in [1.82, 2.24) is 19.4 Å². The van der Waals surface area contributed by atoms with Crippen LogP contribution >= 0.6 is 0 Å². The van der Waals surface area contributed by atoms with Crippen LogP contribution in [-0.2, 0) is 6.54 Å². The predicted octanol–water partition coefficient (Wildman–Crippen LogP) is 4.20. The topological polar surface area (TPSA) is 33.5 Å². The van der Waals surface area contributed by atoms with Gasteiger partial charge >= 0.3 is 0 Å². The Morgan fingerprint density at radius 2 is 1.66 bits per heavy atom. The Labute approximate surface area is 173 Å². The molecule has 2 aromatic carbocycles. The standard InChI is InChI=1S/C24H32N4O/c1-20(27-17-15-26(2)16-18-27)24-25-22-12-6-7-13-23(22)28(24)14-8-9-19-29-21-10-4-3-5-11-21/h3-7,10-13,20H,8-9,14-19H2,1-2H3. The van der Waals surface area contributed by atoms with Gasteiger partial charge in [0.05, 0.1) is 23.7 Å². The van der Waals surface area contributed by atoms with E-state index >= 15 is 0 Å². The lowest BCUT2D eigenvalue weighted by Crippen LogP contribution is -2.45. The number of rotatable bonds is 8. The van der Waals surface area contributed by atoms with Gasteiger partial charge < -0.3 is 14.2 Å². The fourth-order valence-electron chi connectivity index (χ4n) is 4.10. The number of benzene rings is 2. The van der Waals surface area contributed by atoms with Crippen molar-refractivity contribution in [2.75, 3.05) is 39.8 Å². The van der Waals surface area contributed by atoms with Crippen LogP contribution < -0.4 is 4.74 Å². The minimum atomic E-state index is 0.330. The van der Waals surface area contributed by atoms with E-state index in [0.717, 1.165) is 63.4 Å². The molecule has 1 saturated heterocycles. The zero-order chi connectivity index (χ0) is 20.1. The first kappa shape index (κ1) is 19.9. The van der Waals surface area contributed by atoms with E-state index in [0.29, 0.717) is 6.04 Å². The number of aromatic nitrogens is 2. The summed E-state index contributed by atoms with van der Waals surface area (Å²) < 4.78 is 8.29. The first-order valence-electron chi connectivity index (χ1n) is 10.8. The molecule has 4 rings (SSSR count). The predicted molar refractivity (Wildman–Crippen MR) is 118 cm³/mol. The summed E-state index contributed by atoms with van der Waals surface area (Å²) in [5, 5.41) is 0. The Balaban J connectivity index is 1.42. The Hall–Kier alpha value is -2.37. The van der Waals surface area contributed by atoms with Crippen molar-refractivity contribution < 1.29 is 4.74 Å². The molecule has 0 saturated carbocycles. The van der Waals surface area contributed by atoms with Gasteiger partial charge in [-0.25, -0.2) is 4.98 Å². The van der Waals surface area contributed by atoms with Crippen molar-refractivity contribution in [2.45, 2.75) is 32.4 Å². The van der Waals surface area contributed by atoms with Gasteiger partial charge in [-0.2, -0.15) is 0 Å². The van der Waals surface area contributed by atoms with Gasteiger partial charge in [-0.15, -0.1) is 0 Å². The number of ether oxygens (including phenoxy) is 1. The molecule has 1 aromatic heterocycles. The molecule has 0 amide bonds. The highest BCUT2D eigenvalue weighted by Gasteiger charge is 2.24. The molecule has 1 fully saturated rings. The SMILES string of the molecule is CC(c1nc2ccccc2n1CCCCOc1ccccc1)N1CCN(C)CC1. The maximum absolute atomic E-state index is 5.86. The van der Waals surface area contributed by atoms with E-state index in [1.54, 1.807) is 0 Å². The molecule has 154 valence electrons. The maximum Gasteiger partial charge on any atom is 0.127 e. The number of fused-ring (bicyclic) bond motifs is 1. The third kappa shape index (κ3) is 4.80. The molecule has 1 aliphatic rings. The largest absolute Gasteiger partial charge is 0.494 e. The van der Waals surface area contributed by atoms with Crippen molar-refractivity contribution in [3.63, 3.8) is 0 Å². The smallest absolute Gasteiger partial charge is 0.127 e. The van der Waals surface area contributed by atoms with Crippen molar-refractivity contribution in [3.05, 3.63) is 60.4 Å². The Bertz CT molecular complexity index is 900. The Kier molecular flexibility index (Phi) is 6.47. The van der Waals surface area contributed by atoms with Crippen LogP contribution in [0, 0.1) is 0 Å². The molecule has 3 aromatic rings. The second-order valence-corrected chi connectivity index (χ2v) is 7.99. The van der Waals surface area contributed by atoms with E-state index in [1.165, 1.54) is 11.3 Å². The summed E-state index contributed by atoms with van der Waals surface area (Å²) in [4.78, 5) is 10.00. The summed E-state index contributed by atoms with van der Waals surface area (Å²) in [5.41, 5.74) is 2.34. The molecule has 0 spiro atoms. The number of hydrogen-bond donors (Lipinski definition) is 0. The molecular weight excluding hydrogens is 360 g/mol. The zero-order valence-electron chi connectivity index (χ0n) is 17.6. The number of unbranched alkanes of at least 4 members (excludes halogenated alkanes) is 1. The summed E-state index contributed by atoms with van der Waals surface area (Å²) in [7, 11) is 2.20. The first-order valence-corrected chi connectivity index (χ1v) is 10.8. The third-order valence-electron chi connectivity index (χ3n) is 5.93. The average molecular weight is 393 g/mol. The highest BCUT2D eigenvalue weighted by molar-refractivity contribution is 5.76. The van der Waals surface area contributed by atoms with Crippen LogP contribution in [0.25, 0.3) is 11.0 Å². The summed E-state index contributed by atoms with van der Waals surface area (Å²) in [6.45, 7) is 8.49. The van der Waals surface area contributed by atoms with Crippen LogP contribution in [0.15, 0.2) is 54.6 Å². The van der Waals surface area contributed by atoms with Crippen LogP contribution in [-0.4, -0.2) is 59.2 Å². The van der Waals surface area contributed by atoms with Crippen molar-refractivity contribution in [2.24, 2.45) is 0 Å². The number of imidazole rings is 1. The van der Waals surface area contributed by atoms with Crippen molar-refractivity contribution >= 4 is 11.0 Å². The molecule has 0 bridgehead atoms. The molecule has 29 heavy (non-hydrogen) atoms. The van der Waals surface area contributed by atoms with Crippen LogP contribution in [0.2, 0.25) is 0 Å². The lowest BCUT2D eigenvalue weighted by molar-refractivity contribution is 0.113. The normalized spacial score (nSPS) is 16.9. The fraction of sp³-hybridized carbons (Fsp3) is 0.458. The van der Waals surface area contributed by atoms with Gasteiger partial charge in [0.1, 0.15) is 11.6 Å². The van der Waals surface area contributed by atoms with Gasteiger partial charge in [-0.3, -0.25) is 4.90 Å². The molecule has 1 atom stereocenters. The van der Waals surface area contributed by atoms with Crippen LogP contribution in [0.5, 0.6) is 5.75 Å². The van der Waals surface area contributed by atoms with Crippen molar-refractivity contribution in [1.29, 1.82) is 0 Å². The summed E-state index contributed by atoms with van der Waals surface area (Å²) in [6, 6.07) is 18.9. The minimum absolute atomic E-state index is 0.330. The van der Waals surface area contributed by atoms with E-state index in [9.17, 15) is 0 Å². The minimum Gasteiger partial charge on any atom is -0.494 e.